The summed E-state index contributed by atoms with van der Waals surface area (Å²) in [6.07, 6.45) is 0.859. The van der Waals surface area contributed by atoms with E-state index in [9.17, 15) is 5.11 Å². The van der Waals surface area contributed by atoms with Gasteiger partial charge in [-0.1, -0.05) is 28.9 Å². The molecule has 0 amide bonds. The summed E-state index contributed by atoms with van der Waals surface area (Å²) < 4.78 is 0.857. The molecular weight excluding hydrogens is 270 g/mol. The minimum absolute atomic E-state index is 0.0187. The highest BCUT2D eigenvalue weighted by Crippen LogP contribution is 2.27. The van der Waals surface area contributed by atoms with Crippen LogP contribution in [0.4, 0.5) is 0 Å². The van der Waals surface area contributed by atoms with Crippen LogP contribution in [0.5, 0.6) is 5.75 Å². The molecule has 1 aromatic rings. The monoisotopic (exact) mass is 287 g/mol. The molecule has 3 N–H and O–H groups in total. The molecule has 4 heteroatoms. The van der Waals surface area contributed by atoms with Crippen molar-refractivity contribution in [2.45, 2.75) is 32.4 Å². The maximum atomic E-state index is 9.79. The number of aliphatic hydroxyl groups is 1. The van der Waals surface area contributed by atoms with Crippen molar-refractivity contribution in [1.29, 1.82) is 0 Å². The maximum absolute atomic E-state index is 9.79. The molecule has 0 aliphatic rings. The second-order valence-corrected chi connectivity index (χ2v) is 4.79. The van der Waals surface area contributed by atoms with Crippen molar-refractivity contribution >= 4 is 15.9 Å². The van der Waals surface area contributed by atoms with E-state index in [1.54, 1.807) is 6.07 Å². The van der Waals surface area contributed by atoms with Crippen LogP contribution in [0.1, 0.15) is 31.9 Å². The minimum atomic E-state index is 0.0187. The number of phenolic OH excluding ortho intramolecular Hbond substituents is 1. The fourth-order valence-electron chi connectivity index (χ4n) is 1.63. The van der Waals surface area contributed by atoms with E-state index >= 15 is 0 Å². The Labute approximate surface area is 105 Å². The number of hydrogen-bond donors (Lipinski definition) is 3. The summed E-state index contributed by atoms with van der Waals surface area (Å²) in [5.41, 5.74) is 0.843. The zero-order valence-corrected chi connectivity index (χ0v) is 11.2. The van der Waals surface area contributed by atoms with E-state index in [0.29, 0.717) is 0 Å². The van der Waals surface area contributed by atoms with E-state index in [0.717, 1.165) is 16.5 Å². The number of rotatable bonds is 5. The molecule has 0 radical (unpaired) electrons. The molecule has 90 valence electrons. The van der Waals surface area contributed by atoms with Gasteiger partial charge in [0.25, 0.3) is 0 Å². The van der Waals surface area contributed by atoms with Gasteiger partial charge in [-0.3, -0.25) is 0 Å². The van der Waals surface area contributed by atoms with Crippen LogP contribution in [-0.2, 0) is 0 Å². The van der Waals surface area contributed by atoms with Crippen LogP contribution in [0.15, 0.2) is 22.7 Å². The smallest absolute Gasteiger partial charge is 0.121 e. The van der Waals surface area contributed by atoms with Crippen molar-refractivity contribution in [3.05, 3.63) is 28.2 Å². The molecular formula is C12H18BrNO2. The van der Waals surface area contributed by atoms with Crippen LogP contribution in [-0.4, -0.2) is 22.9 Å². The average Bonchev–Trinajstić information content (AvgIpc) is 2.25. The lowest BCUT2D eigenvalue weighted by atomic mass is 10.1. The van der Waals surface area contributed by atoms with E-state index in [-0.39, 0.29) is 24.4 Å². The molecule has 2 atom stereocenters. The zero-order valence-electron chi connectivity index (χ0n) is 9.57. The SMILES string of the molecule is CCC(CO)NC(C)c1ccc(Br)cc1O. The summed E-state index contributed by atoms with van der Waals surface area (Å²) >= 11 is 3.30. The van der Waals surface area contributed by atoms with Crippen LogP contribution in [0, 0.1) is 0 Å². The third kappa shape index (κ3) is 3.47. The first-order valence-corrected chi connectivity index (χ1v) is 6.23. The van der Waals surface area contributed by atoms with Gasteiger partial charge in [0.05, 0.1) is 6.61 Å². The minimum Gasteiger partial charge on any atom is -0.508 e. The average molecular weight is 288 g/mol. The molecule has 16 heavy (non-hydrogen) atoms. The Kier molecular flexibility index (Phi) is 5.25. The Bertz CT molecular complexity index is 340. The zero-order chi connectivity index (χ0) is 12.1. The molecule has 1 rings (SSSR count). The summed E-state index contributed by atoms with van der Waals surface area (Å²) in [6, 6.07) is 5.53. The highest BCUT2D eigenvalue weighted by atomic mass is 79.9. The number of aromatic hydroxyl groups is 1. The number of halogens is 1. The fourth-order valence-corrected chi connectivity index (χ4v) is 1.97. The summed E-state index contributed by atoms with van der Waals surface area (Å²) in [6.45, 7) is 4.10. The van der Waals surface area contributed by atoms with Gasteiger partial charge < -0.3 is 15.5 Å². The predicted octanol–water partition coefficient (Wildman–Crippen LogP) is 2.58. The van der Waals surface area contributed by atoms with Gasteiger partial charge in [-0.15, -0.1) is 0 Å². The Morgan fingerprint density at radius 2 is 2.12 bits per heavy atom. The number of benzene rings is 1. The lowest BCUT2D eigenvalue weighted by Crippen LogP contribution is -2.33. The van der Waals surface area contributed by atoms with Gasteiger partial charge in [0.15, 0.2) is 0 Å². The molecule has 2 unspecified atom stereocenters. The van der Waals surface area contributed by atoms with Crippen LogP contribution in [0.25, 0.3) is 0 Å². The van der Waals surface area contributed by atoms with Crippen molar-refractivity contribution in [2.75, 3.05) is 6.61 Å². The predicted molar refractivity (Wildman–Crippen MR) is 68.5 cm³/mol. The first-order chi connectivity index (χ1) is 7.58. The van der Waals surface area contributed by atoms with Crippen molar-refractivity contribution in [2.24, 2.45) is 0 Å². The Morgan fingerprint density at radius 3 is 2.62 bits per heavy atom. The third-order valence-electron chi connectivity index (χ3n) is 2.66. The summed E-state index contributed by atoms with van der Waals surface area (Å²) in [4.78, 5) is 0. The molecule has 0 spiro atoms. The molecule has 0 saturated carbocycles. The van der Waals surface area contributed by atoms with Gasteiger partial charge in [0.1, 0.15) is 5.75 Å². The van der Waals surface area contributed by atoms with Gasteiger partial charge in [-0.25, -0.2) is 0 Å². The van der Waals surface area contributed by atoms with Crippen LogP contribution >= 0.6 is 15.9 Å². The highest BCUT2D eigenvalue weighted by Gasteiger charge is 2.14. The number of nitrogens with one attached hydrogen (secondary N) is 1. The van der Waals surface area contributed by atoms with Crippen molar-refractivity contribution in [1.82, 2.24) is 5.32 Å². The standard InChI is InChI=1S/C12H18BrNO2/c1-3-10(7-15)14-8(2)11-5-4-9(13)6-12(11)16/h4-6,8,10,14-16H,3,7H2,1-2H3. The molecule has 1 aromatic carbocycles. The largest absolute Gasteiger partial charge is 0.508 e. The lowest BCUT2D eigenvalue weighted by molar-refractivity contribution is 0.229. The molecule has 0 aliphatic carbocycles. The third-order valence-corrected chi connectivity index (χ3v) is 3.15. The Balaban J connectivity index is 2.76. The topological polar surface area (TPSA) is 52.5 Å². The van der Waals surface area contributed by atoms with Crippen LogP contribution in [0.3, 0.4) is 0 Å². The van der Waals surface area contributed by atoms with E-state index < -0.39 is 0 Å². The van der Waals surface area contributed by atoms with Crippen molar-refractivity contribution in [3.8, 4) is 5.75 Å². The first kappa shape index (κ1) is 13.5. The van der Waals surface area contributed by atoms with E-state index in [2.05, 4.69) is 21.2 Å². The van der Waals surface area contributed by atoms with E-state index in [1.165, 1.54) is 0 Å². The van der Waals surface area contributed by atoms with Crippen LogP contribution < -0.4 is 5.32 Å². The molecule has 0 fully saturated rings. The normalized spacial score (nSPS) is 14.8. The maximum Gasteiger partial charge on any atom is 0.121 e. The van der Waals surface area contributed by atoms with Gasteiger partial charge in [-0.2, -0.15) is 0 Å². The highest BCUT2D eigenvalue weighted by molar-refractivity contribution is 9.10. The molecule has 0 bridgehead atoms. The molecule has 0 aliphatic heterocycles. The van der Waals surface area contributed by atoms with E-state index in [4.69, 9.17) is 5.11 Å². The number of phenols is 1. The van der Waals surface area contributed by atoms with Crippen LogP contribution in [0.2, 0.25) is 0 Å². The second-order valence-electron chi connectivity index (χ2n) is 3.88. The van der Waals surface area contributed by atoms with Gasteiger partial charge in [0, 0.05) is 22.1 Å². The number of aliphatic hydroxyl groups excluding tert-OH is 1. The quantitative estimate of drug-likeness (QED) is 0.780. The summed E-state index contributed by atoms with van der Waals surface area (Å²) in [5, 5.41) is 22.2. The van der Waals surface area contributed by atoms with Crippen molar-refractivity contribution in [3.63, 3.8) is 0 Å². The number of hydrogen-bond acceptors (Lipinski definition) is 3. The fraction of sp³-hybridized carbons (Fsp3) is 0.500. The molecule has 3 nitrogen and oxygen atoms in total. The van der Waals surface area contributed by atoms with Gasteiger partial charge in [0.2, 0.25) is 0 Å². The summed E-state index contributed by atoms with van der Waals surface area (Å²) in [7, 11) is 0. The molecule has 0 saturated heterocycles. The van der Waals surface area contributed by atoms with Crippen molar-refractivity contribution < 1.29 is 10.2 Å². The Hall–Kier alpha value is -0.580. The van der Waals surface area contributed by atoms with Gasteiger partial charge >= 0.3 is 0 Å². The Morgan fingerprint density at radius 1 is 1.44 bits per heavy atom. The summed E-state index contributed by atoms with van der Waals surface area (Å²) in [5.74, 6) is 0.266. The lowest BCUT2D eigenvalue weighted by Gasteiger charge is -2.21. The van der Waals surface area contributed by atoms with Gasteiger partial charge in [-0.05, 0) is 25.5 Å². The molecule has 0 aromatic heterocycles. The van der Waals surface area contributed by atoms with E-state index in [1.807, 2.05) is 26.0 Å². The first-order valence-electron chi connectivity index (χ1n) is 5.43. The second kappa shape index (κ2) is 6.23. The molecule has 0 heterocycles.